The Bertz CT molecular complexity index is 449. The third-order valence-corrected chi connectivity index (χ3v) is 3.45. The van der Waals surface area contributed by atoms with E-state index in [9.17, 15) is 0 Å². The summed E-state index contributed by atoms with van der Waals surface area (Å²) in [7, 11) is 0. The molecule has 0 saturated heterocycles. The van der Waals surface area contributed by atoms with Crippen molar-refractivity contribution in [2.45, 2.75) is 32.4 Å². The first-order valence-corrected chi connectivity index (χ1v) is 6.83. The number of aliphatic hydroxyl groups is 1. The van der Waals surface area contributed by atoms with Crippen molar-refractivity contribution in [3.63, 3.8) is 0 Å². The Labute approximate surface area is 118 Å². The number of benzene rings is 1. The van der Waals surface area contributed by atoms with Crippen molar-refractivity contribution in [3.8, 4) is 11.5 Å². The van der Waals surface area contributed by atoms with Crippen molar-refractivity contribution in [3.05, 3.63) is 22.7 Å². The third kappa shape index (κ3) is 3.75. The molecular weight excluding hydrogens is 266 g/mol. The molecule has 0 aliphatic carbocycles. The highest BCUT2D eigenvalue weighted by Crippen LogP contribution is 2.38. The van der Waals surface area contributed by atoms with Gasteiger partial charge >= 0.3 is 0 Å². The van der Waals surface area contributed by atoms with Crippen LogP contribution in [0.2, 0.25) is 5.02 Å². The summed E-state index contributed by atoms with van der Waals surface area (Å²) < 4.78 is 11.0. The fourth-order valence-corrected chi connectivity index (χ4v) is 2.26. The second-order valence-corrected chi connectivity index (χ2v) is 5.72. The van der Waals surface area contributed by atoms with Crippen LogP contribution in [0.25, 0.3) is 0 Å². The molecule has 2 rings (SSSR count). The summed E-state index contributed by atoms with van der Waals surface area (Å²) >= 11 is 6.19. The van der Waals surface area contributed by atoms with Gasteiger partial charge in [0.25, 0.3) is 0 Å². The summed E-state index contributed by atoms with van der Waals surface area (Å²) in [4.78, 5) is 0. The Balaban J connectivity index is 2.07. The molecule has 2 N–H and O–H groups in total. The summed E-state index contributed by atoms with van der Waals surface area (Å²) in [6, 6.07) is 3.83. The van der Waals surface area contributed by atoms with Crippen LogP contribution < -0.4 is 14.8 Å². The quantitative estimate of drug-likeness (QED) is 0.872. The lowest BCUT2D eigenvalue weighted by atomic mass is 10.0. The highest BCUT2D eigenvalue weighted by molar-refractivity contribution is 6.32. The Kier molecular flexibility index (Phi) is 4.55. The Morgan fingerprint density at radius 3 is 2.79 bits per heavy atom. The lowest BCUT2D eigenvalue weighted by molar-refractivity contribution is 0.171. The molecule has 0 bridgehead atoms. The van der Waals surface area contributed by atoms with Crippen LogP contribution in [0.1, 0.15) is 25.8 Å². The van der Waals surface area contributed by atoms with Crippen LogP contribution in [-0.4, -0.2) is 30.5 Å². The molecule has 0 spiro atoms. The second-order valence-electron chi connectivity index (χ2n) is 5.31. The lowest BCUT2D eigenvalue weighted by Crippen LogP contribution is -2.39. The van der Waals surface area contributed by atoms with Gasteiger partial charge in [-0.3, -0.25) is 0 Å². The largest absolute Gasteiger partial charge is 0.486 e. The van der Waals surface area contributed by atoms with Gasteiger partial charge in [0.15, 0.2) is 11.5 Å². The van der Waals surface area contributed by atoms with E-state index in [4.69, 9.17) is 26.2 Å². The number of hydrogen-bond acceptors (Lipinski definition) is 4. The molecule has 0 aromatic heterocycles. The summed E-state index contributed by atoms with van der Waals surface area (Å²) in [5.41, 5.74) is 0.925. The standard InChI is InChI=1S/C14H20ClNO3/c1-14(2,3-4-17)16-9-10-7-11(15)13-12(8-10)18-5-6-19-13/h7-8,16-17H,3-6,9H2,1-2H3. The normalized spacial score (nSPS) is 14.5. The van der Waals surface area contributed by atoms with Crippen molar-refractivity contribution < 1.29 is 14.6 Å². The summed E-state index contributed by atoms with van der Waals surface area (Å²) in [6.45, 7) is 6.04. The highest BCUT2D eigenvalue weighted by atomic mass is 35.5. The van der Waals surface area contributed by atoms with Gasteiger partial charge in [0.1, 0.15) is 13.2 Å². The van der Waals surface area contributed by atoms with E-state index >= 15 is 0 Å². The molecule has 1 aromatic rings. The molecule has 0 saturated carbocycles. The molecular formula is C14H20ClNO3. The van der Waals surface area contributed by atoms with Gasteiger partial charge in [-0.2, -0.15) is 0 Å². The van der Waals surface area contributed by atoms with Crippen LogP contribution in [0.15, 0.2) is 12.1 Å². The van der Waals surface area contributed by atoms with Crippen LogP contribution >= 0.6 is 11.6 Å². The SMILES string of the molecule is CC(C)(CCO)NCc1cc(Cl)c2c(c1)OCCO2. The number of rotatable bonds is 5. The van der Waals surface area contributed by atoms with E-state index < -0.39 is 0 Å². The van der Waals surface area contributed by atoms with E-state index in [-0.39, 0.29) is 12.1 Å². The molecule has 1 aromatic carbocycles. The van der Waals surface area contributed by atoms with Crippen LogP contribution in [0.4, 0.5) is 0 Å². The number of ether oxygens (including phenoxy) is 2. The molecule has 0 amide bonds. The number of aliphatic hydroxyl groups excluding tert-OH is 1. The average Bonchev–Trinajstić information content (AvgIpc) is 2.37. The first kappa shape index (κ1) is 14.4. The zero-order chi connectivity index (χ0) is 13.9. The summed E-state index contributed by atoms with van der Waals surface area (Å²) in [6.07, 6.45) is 0.700. The molecule has 1 aliphatic heterocycles. The molecule has 4 nitrogen and oxygen atoms in total. The molecule has 0 unspecified atom stereocenters. The van der Waals surface area contributed by atoms with Crippen LogP contribution in [0.5, 0.6) is 11.5 Å². The van der Waals surface area contributed by atoms with Crippen molar-refractivity contribution in [1.82, 2.24) is 5.32 Å². The molecule has 0 radical (unpaired) electrons. The zero-order valence-electron chi connectivity index (χ0n) is 11.3. The van der Waals surface area contributed by atoms with Gasteiger partial charge in [0, 0.05) is 18.7 Å². The van der Waals surface area contributed by atoms with E-state index in [0.717, 1.165) is 5.56 Å². The van der Waals surface area contributed by atoms with E-state index in [2.05, 4.69) is 19.2 Å². The average molecular weight is 286 g/mol. The van der Waals surface area contributed by atoms with Crippen LogP contribution in [0.3, 0.4) is 0 Å². The van der Waals surface area contributed by atoms with E-state index in [1.807, 2.05) is 12.1 Å². The molecule has 1 heterocycles. The first-order valence-electron chi connectivity index (χ1n) is 6.46. The minimum absolute atomic E-state index is 0.117. The minimum Gasteiger partial charge on any atom is -0.486 e. The molecule has 19 heavy (non-hydrogen) atoms. The van der Waals surface area contributed by atoms with Gasteiger partial charge in [-0.1, -0.05) is 11.6 Å². The number of halogens is 1. The van der Waals surface area contributed by atoms with Crippen molar-refractivity contribution in [2.24, 2.45) is 0 Å². The maximum atomic E-state index is 9.00. The number of nitrogens with one attached hydrogen (secondary N) is 1. The van der Waals surface area contributed by atoms with E-state index in [1.165, 1.54) is 0 Å². The molecule has 0 fully saturated rings. The maximum Gasteiger partial charge on any atom is 0.179 e. The van der Waals surface area contributed by atoms with Gasteiger partial charge in [-0.05, 0) is 38.0 Å². The predicted octanol–water partition coefficient (Wildman–Crippen LogP) is 2.36. The Hall–Kier alpha value is -0.970. The van der Waals surface area contributed by atoms with Gasteiger partial charge in [-0.25, -0.2) is 0 Å². The Morgan fingerprint density at radius 2 is 2.05 bits per heavy atom. The monoisotopic (exact) mass is 285 g/mol. The van der Waals surface area contributed by atoms with Gasteiger partial charge < -0.3 is 19.9 Å². The molecule has 0 atom stereocenters. The van der Waals surface area contributed by atoms with Gasteiger partial charge in [-0.15, -0.1) is 0 Å². The van der Waals surface area contributed by atoms with Gasteiger partial charge in [0.05, 0.1) is 5.02 Å². The fourth-order valence-electron chi connectivity index (χ4n) is 1.98. The smallest absolute Gasteiger partial charge is 0.179 e. The van der Waals surface area contributed by atoms with Crippen molar-refractivity contribution in [1.29, 1.82) is 0 Å². The molecule has 1 aliphatic rings. The first-order chi connectivity index (χ1) is 9.02. The summed E-state index contributed by atoms with van der Waals surface area (Å²) in [5.74, 6) is 1.33. The van der Waals surface area contributed by atoms with E-state index in [0.29, 0.717) is 42.7 Å². The van der Waals surface area contributed by atoms with E-state index in [1.54, 1.807) is 0 Å². The predicted molar refractivity (Wildman–Crippen MR) is 75.1 cm³/mol. The van der Waals surface area contributed by atoms with Crippen molar-refractivity contribution in [2.75, 3.05) is 19.8 Å². The van der Waals surface area contributed by atoms with Gasteiger partial charge in [0.2, 0.25) is 0 Å². The minimum atomic E-state index is -0.117. The number of hydrogen-bond donors (Lipinski definition) is 2. The molecule has 106 valence electrons. The highest BCUT2D eigenvalue weighted by Gasteiger charge is 2.19. The third-order valence-electron chi connectivity index (χ3n) is 3.16. The zero-order valence-corrected chi connectivity index (χ0v) is 12.1. The second kappa shape index (κ2) is 5.99. The van der Waals surface area contributed by atoms with Crippen molar-refractivity contribution >= 4 is 11.6 Å². The van der Waals surface area contributed by atoms with Crippen LogP contribution in [-0.2, 0) is 6.54 Å². The Morgan fingerprint density at radius 1 is 1.32 bits per heavy atom. The summed E-state index contributed by atoms with van der Waals surface area (Å²) in [5, 5.41) is 13.0. The van der Waals surface area contributed by atoms with Crippen LogP contribution in [0, 0.1) is 0 Å². The topological polar surface area (TPSA) is 50.7 Å². The number of fused-ring (bicyclic) bond motifs is 1. The maximum absolute atomic E-state index is 9.00. The lowest BCUT2D eigenvalue weighted by Gasteiger charge is -2.26. The molecule has 5 heteroatoms. The fraction of sp³-hybridized carbons (Fsp3) is 0.571.